The van der Waals surface area contributed by atoms with E-state index in [4.69, 9.17) is 10.5 Å². The molecule has 8 nitrogen and oxygen atoms in total. The number of ether oxygens (including phenoxy) is 1. The number of hydrogen-bond acceptors (Lipinski definition) is 6. The van der Waals surface area contributed by atoms with Crippen LogP contribution in [-0.2, 0) is 9.53 Å². The molecule has 8 heteroatoms. The van der Waals surface area contributed by atoms with Crippen LogP contribution in [0.1, 0.15) is 32.6 Å². The Hall–Kier alpha value is -2.35. The highest BCUT2D eigenvalue weighted by molar-refractivity contribution is 5.82. The van der Waals surface area contributed by atoms with E-state index in [1.54, 1.807) is 17.3 Å². The third-order valence-corrected chi connectivity index (χ3v) is 5.83. The number of carbonyl (C=O) groups excluding carboxylic acids is 2. The highest BCUT2D eigenvalue weighted by Gasteiger charge is 2.30. The average molecular weight is 404 g/mol. The van der Waals surface area contributed by atoms with Crippen molar-refractivity contribution in [2.45, 2.75) is 38.6 Å². The van der Waals surface area contributed by atoms with Crippen LogP contribution in [0.15, 0.2) is 24.5 Å². The predicted octanol–water partition coefficient (Wildman–Crippen LogP) is 1.71. The maximum absolute atomic E-state index is 12.8. The molecule has 1 aromatic rings. The minimum atomic E-state index is -0.467. The van der Waals surface area contributed by atoms with Crippen LogP contribution in [0, 0.1) is 5.92 Å². The van der Waals surface area contributed by atoms with Crippen LogP contribution < -0.4 is 10.6 Å². The van der Waals surface area contributed by atoms with Crippen molar-refractivity contribution in [1.29, 1.82) is 0 Å². The summed E-state index contributed by atoms with van der Waals surface area (Å²) in [6.07, 6.45) is 6.61. The molecule has 0 aromatic carbocycles. The van der Waals surface area contributed by atoms with Gasteiger partial charge in [0.2, 0.25) is 5.91 Å². The molecule has 2 aliphatic rings. The first-order valence-corrected chi connectivity index (χ1v) is 10.7. The summed E-state index contributed by atoms with van der Waals surface area (Å²) in [4.78, 5) is 34.7. The van der Waals surface area contributed by atoms with Gasteiger partial charge in [-0.05, 0) is 43.7 Å². The molecule has 0 unspecified atom stereocenters. The van der Waals surface area contributed by atoms with E-state index in [0.717, 1.165) is 38.0 Å². The highest BCUT2D eigenvalue weighted by atomic mass is 16.6. The Morgan fingerprint density at radius 1 is 1.10 bits per heavy atom. The van der Waals surface area contributed by atoms with Crippen LogP contribution in [0.2, 0.25) is 0 Å². The molecule has 2 fully saturated rings. The van der Waals surface area contributed by atoms with Gasteiger partial charge in [0, 0.05) is 57.3 Å². The largest absolute Gasteiger partial charge is 0.449 e. The summed E-state index contributed by atoms with van der Waals surface area (Å²) in [6, 6.07) is 3.52. The average Bonchev–Trinajstić information content (AvgIpc) is 2.78. The van der Waals surface area contributed by atoms with Crippen molar-refractivity contribution < 1.29 is 14.3 Å². The Morgan fingerprint density at radius 3 is 2.38 bits per heavy atom. The molecule has 2 saturated heterocycles. The molecule has 0 radical (unpaired) electrons. The van der Waals surface area contributed by atoms with Gasteiger partial charge in [-0.15, -0.1) is 0 Å². The Labute approximate surface area is 173 Å². The molecule has 3 heterocycles. The molecule has 1 atom stereocenters. The van der Waals surface area contributed by atoms with E-state index in [9.17, 15) is 9.59 Å². The number of nitrogens with two attached hydrogens (primary N) is 1. The zero-order valence-electron chi connectivity index (χ0n) is 17.3. The molecule has 1 aromatic heterocycles. The van der Waals surface area contributed by atoms with E-state index >= 15 is 0 Å². The number of anilines is 1. The van der Waals surface area contributed by atoms with Crippen LogP contribution in [0.25, 0.3) is 0 Å². The van der Waals surface area contributed by atoms with Gasteiger partial charge in [-0.25, -0.2) is 4.79 Å². The van der Waals surface area contributed by atoms with E-state index in [1.807, 2.05) is 24.0 Å². The maximum Gasteiger partial charge on any atom is 0.409 e. The molecule has 160 valence electrons. The van der Waals surface area contributed by atoms with Crippen molar-refractivity contribution >= 4 is 17.7 Å². The topological polar surface area (TPSA) is 92.0 Å². The van der Waals surface area contributed by atoms with Gasteiger partial charge in [-0.2, -0.15) is 0 Å². The van der Waals surface area contributed by atoms with Crippen molar-refractivity contribution in [1.82, 2.24) is 14.8 Å². The van der Waals surface area contributed by atoms with Gasteiger partial charge < -0.3 is 25.2 Å². The predicted molar refractivity (Wildman–Crippen MR) is 112 cm³/mol. The second-order valence-corrected chi connectivity index (χ2v) is 7.90. The van der Waals surface area contributed by atoms with E-state index < -0.39 is 6.04 Å². The monoisotopic (exact) mass is 403 g/mol. The number of carbonyl (C=O) groups is 2. The third-order valence-electron chi connectivity index (χ3n) is 5.83. The first kappa shape index (κ1) is 21.4. The van der Waals surface area contributed by atoms with Crippen LogP contribution in [0.5, 0.6) is 0 Å². The molecule has 0 bridgehead atoms. The highest BCUT2D eigenvalue weighted by Crippen LogP contribution is 2.23. The fourth-order valence-corrected chi connectivity index (χ4v) is 4.07. The summed E-state index contributed by atoms with van der Waals surface area (Å²) in [5.74, 6) is 0.423. The Balaban J connectivity index is 1.39. The van der Waals surface area contributed by atoms with Gasteiger partial charge in [0.15, 0.2) is 0 Å². The van der Waals surface area contributed by atoms with Gasteiger partial charge in [-0.3, -0.25) is 9.78 Å². The van der Waals surface area contributed by atoms with E-state index in [2.05, 4.69) is 9.88 Å². The number of aromatic nitrogens is 1. The van der Waals surface area contributed by atoms with E-state index in [0.29, 0.717) is 45.1 Å². The summed E-state index contributed by atoms with van der Waals surface area (Å²) in [5, 5.41) is 0. The molecular formula is C21H33N5O3. The summed E-state index contributed by atoms with van der Waals surface area (Å²) >= 11 is 0. The van der Waals surface area contributed by atoms with Crippen molar-refractivity contribution in [3.8, 4) is 0 Å². The number of piperazine rings is 1. The maximum atomic E-state index is 12.8. The number of amides is 2. The summed E-state index contributed by atoms with van der Waals surface area (Å²) in [5.41, 5.74) is 7.41. The van der Waals surface area contributed by atoms with Gasteiger partial charge in [0.05, 0.1) is 12.6 Å². The molecule has 29 heavy (non-hydrogen) atoms. The third kappa shape index (κ3) is 5.82. The van der Waals surface area contributed by atoms with Crippen LogP contribution >= 0.6 is 0 Å². The number of piperidine rings is 1. The number of pyridine rings is 1. The van der Waals surface area contributed by atoms with Gasteiger partial charge >= 0.3 is 6.09 Å². The van der Waals surface area contributed by atoms with E-state index in [-0.39, 0.29) is 12.0 Å². The van der Waals surface area contributed by atoms with Gasteiger partial charge in [-0.1, -0.05) is 6.92 Å². The Kier molecular flexibility index (Phi) is 7.69. The lowest BCUT2D eigenvalue weighted by Gasteiger charge is -2.38. The molecule has 2 N–H and O–H groups in total. The quantitative estimate of drug-likeness (QED) is 0.777. The lowest BCUT2D eigenvalue weighted by molar-refractivity contribution is -0.133. The first-order chi connectivity index (χ1) is 14.1. The summed E-state index contributed by atoms with van der Waals surface area (Å²) < 4.78 is 5.20. The molecule has 2 amide bonds. The fraction of sp³-hybridized carbons (Fsp3) is 0.667. The number of hydrogen-bond donors (Lipinski definition) is 1. The number of rotatable bonds is 6. The minimum Gasteiger partial charge on any atom is -0.449 e. The van der Waals surface area contributed by atoms with Crippen molar-refractivity contribution in [3.63, 3.8) is 0 Å². The van der Waals surface area contributed by atoms with Gasteiger partial charge in [0.25, 0.3) is 0 Å². The fourth-order valence-electron chi connectivity index (χ4n) is 4.07. The summed E-state index contributed by atoms with van der Waals surface area (Å²) in [6.45, 7) is 6.80. The first-order valence-electron chi connectivity index (χ1n) is 10.7. The molecule has 0 aliphatic carbocycles. The second kappa shape index (κ2) is 10.4. The van der Waals surface area contributed by atoms with Gasteiger partial charge in [0.1, 0.15) is 0 Å². The number of nitrogens with zero attached hydrogens (tertiary/aromatic N) is 4. The normalized spacial score (nSPS) is 19.2. The molecular weight excluding hydrogens is 370 g/mol. The summed E-state index contributed by atoms with van der Waals surface area (Å²) in [7, 11) is 0. The van der Waals surface area contributed by atoms with Crippen LogP contribution in [0.4, 0.5) is 10.5 Å². The smallest absolute Gasteiger partial charge is 0.409 e. The zero-order valence-corrected chi connectivity index (χ0v) is 17.3. The van der Waals surface area contributed by atoms with E-state index in [1.165, 1.54) is 0 Å². The lowest BCUT2D eigenvalue weighted by Crippen LogP contribution is -2.53. The Morgan fingerprint density at radius 2 is 1.76 bits per heavy atom. The minimum absolute atomic E-state index is 0.0455. The standard InChI is InChI=1S/C21H33N5O3/c1-2-15-29-21(28)26-9-5-17(6-10-26)16-19(22)20(27)25-13-11-24(12-14-25)18-3-7-23-8-4-18/h3-4,7-8,17,19H,2,5-6,9-16,22H2,1H3/t19-/m0/s1. The molecule has 0 saturated carbocycles. The molecule has 3 rings (SSSR count). The second-order valence-electron chi connectivity index (χ2n) is 7.90. The molecule has 0 spiro atoms. The number of likely N-dealkylation sites (tertiary alicyclic amines) is 1. The lowest BCUT2D eigenvalue weighted by atomic mass is 9.90. The van der Waals surface area contributed by atoms with Crippen molar-refractivity contribution in [2.75, 3.05) is 50.8 Å². The van der Waals surface area contributed by atoms with Crippen molar-refractivity contribution in [2.24, 2.45) is 11.7 Å². The van der Waals surface area contributed by atoms with Crippen LogP contribution in [0.3, 0.4) is 0 Å². The van der Waals surface area contributed by atoms with Crippen molar-refractivity contribution in [3.05, 3.63) is 24.5 Å². The Bertz CT molecular complexity index is 656. The SMILES string of the molecule is CCCOC(=O)N1CCC(C[C@H](N)C(=O)N2CCN(c3ccncc3)CC2)CC1. The van der Waals surface area contributed by atoms with Crippen LogP contribution in [-0.4, -0.2) is 78.7 Å². The molecule has 2 aliphatic heterocycles. The zero-order chi connectivity index (χ0) is 20.6.